The zero-order chi connectivity index (χ0) is 48.4. The summed E-state index contributed by atoms with van der Waals surface area (Å²) in [5, 5.41) is 4.67. The Kier molecular flexibility index (Phi) is 8.26. The van der Waals surface area contributed by atoms with E-state index in [1.54, 1.807) is 0 Å². The van der Waals surface area contributed by atoms with Crippen LogP contribution in [0.3, 0.4) is 0 Å². The van der Waals surface area contributed by atoms with Crippen LogP contribution < -0.4 is 4.90 Å². The van der Waals surface area contributed by atoms with Crippen molar-refractivity contribution in [3.05, 3.63) is 234 Å². The Balaban J connectivity index is 0.978. The maximum Gasteiger partial charge on any atom is 0.143 e. The van der Waals surface area contributed by atoms with Crippen molar-refractivity contribution in [1.29, 1.82) is 0 Å². The number of furan rings is 2. The standard InChI is InChI=1S/C69H51NO2/c1-67(2)51-27-16-13-24-44(51)60-52(67)28-19-29-57(60)70(42-32-34-45-53(36-42)68(3,4)55-38-49(40-20-9-7-10-21-40)65-63(61(45)55)47-25-14-17-30-58(47)71-65)43-33-35-46-54(37-43)69(5,6)56-39-50(41-22-11-8-12-23-41)66-64(62(46)56)48-26-15-18-31-59(48)72-66/h7-39H,1-6H3. The molecule has 0 fully saturated rings. The highest BCUT2D eigenvalue weighted by Crippen LogP contribution is 2.60. The third-order valence-corrected chi connectivity index (χ3v) is 17.0. The van der Waals surface area contributed by atoms with Gasteiger partial charge < -0.3 is 13.7 Å². The van der Waals surface area contributed by atoms with Crippen molar-refractivity contribution >= 4 is 60.9 Å². The number of fused-ring (bicyclic) bond motifs is 17. The van der Waals surface area contributed by atoms with E-state index < -0.39 is 0 Å². The zero-order valence-electron chi connectivity index (χ0n) is 41.3. The molecule has 0 amide bonds. The van der Waals surface area contributed by atoms with Crippen LogP contribution in [-0.4, -0.2) is 0 Å². The number of anilines is 3. The molecule has 0 aliphatic heterocycles. The van der Waals surface area contributed by atoms with Gasteiger partial charge in [-0.25, -0.2) is 0 Å². The lowest BCUT2D eigenvalue weighted by atomic mass is 9.80. The molecule has 0 spiro atoms. The molecule has 3 aliphatic rings. The predicted octanol–water partition coefficient (Wildman–Crippen LogP) is 19.2. The number of para-hydroxylation sites is 2. The maximum absolute atomic E-state index is 6.84. The first-order chi connectivity index (χ1) is 35.0. The molecular formula is C69H51NO2. The van der Waals surface area contributed by atoms with Gasteiger partial charge in [0.25, 0.3) is 0 Å². The van der Waals surface area contributed by atoms with Crippen LogP contribution in [-0.2, 0) is 16.2 Å². The van der Waals surface area contributed by atoms with Gasteiger partial charge in [0.2, 0.25) is 0 Å². The molecule has 15 rings (SSSR count). The summed E-state index contributed by atoms with van der Waals surface area (Å²) in [5.41, 5.74) is 26.5. The fourth-order valence-electron chi connectivity index (χ4n) is 13.5. The second kappa shape index (κ2) is 14.4. The van der Waals surface area contributed by atoms with Gasteiger partial charge in [0.15, 0.2) is 0 Å². The van der Waals surface area contributed by atoms with E-state index in [0.717, 1.165) is 66.7 Å². The SMILES string of the molecule is CC1(C)c2ccccc2-c2c(N(c3ccc4c(c3)C(C)(C)c3cc(-c5ccccc5)c5oc6ccccc6c5c3-4)c3ccc4c(c3)C(C)(C)c3cc(-c5ccccc5)c5oc6ccccc6c5c3-4)cccc21. The fraction of sp³-hybridized carbons (Fsp3) is 0.130. The Hall–Kier alpha value is -8.40. The van der Waals surface area contributed by atoms with Crippen molar-refractivity contribution in [1.82, 2.24) is 0 Å². The van der Waals surface area contributed by atoms with Crippen LogP contribution in [0, 0.1) is 0 Å². The molecule has 2 aromatic heterocycles. The van der Waals surface area contributed by atoms with E-state index in [0.29, 0.717) is 0 Å². The first-order valence-electron chi connectivity index (χ1n) is 25.4. The van der Waals surface area contributed by atoms with Crippen molar-refractivity contribution in [2.75, 3.05) is 4.90 Å². The minimum Gasteiger partial charge on any atom is -0.455 e. The number of hydrogen-bond donors (Lipinski definition) is 0. The van der Waals surface area contributed by atoms with E-state index in [-0.39, 0.29) is 16.2 Å². The molecule has 3 nitrogen and oxygen atoms in total. The molecule has 0 radical (unpaired) electrons. The molecule has 0 atom stereocenters. The van der Waals surface area contributed by atoms with Crippen molar-refractivity contribution in [3.63, 3.8) is 0 Å². The Morgan fingerprint density at radius 1 is 0.319 bits per heavy atom. The molecule has 0 unspecified atom stereocenters. The first kappa shape index (κ1) is 41.4. The molecule has 0 saturated heterocycles. The number of nitrogens with zero attached hydrogens (tertiary/aromatic N) is 1. The van der Waals surface area contributed by atoms with Crippen LogP contribution in [0.5, 0.6) is 0 Å². The number of hydrogen-bond acceptors (Lipinski definition) is 3. The highest BCUT2D eigenvalue weighted by molar-refractivity contribution is 6.20. The normalized spacial score (nSPS) is 15.1. The summed E-state index contributed by atoms with van der Waals surface area (Å²) in [7, 11) is 0. The van der Waals surface area contributed by atoms with Crippen molar-refractivity contribution < 1.29 is 8.83 Å². The summed E-state index contributed by atoms with van der Waals surface area (Å²) >= 11 is 0. The first-order valence-corrected chi connectivity index (χ1v) is 25.4. The van der Waals surface area contributed by atoms with Gasteiger partial charge in [-0.3, -0.25) is 0 Å². The van der Waals surface area contributed by atoms with Crippen LogP contribution >= 0.6 is 0 Å². The Labute approximate surface area is 419 Å². The minimum absolute atomic E-state index is 0.166. The molecule has 3 heteroatoms. The average Bonchev–Trinajstić information content (AvgIpc) is 4.16. The number of benzene rings is 10. The van der Waals surface area contributed by atoms with Gasteiger partial charge in [0.05, 0.1) is 5.69 Å². The fourth-order valence-corrected chi connectivity index (χ4v) is 13.5. The van der Waals surface area contributed by atoms with Crippen molar-refractivity contribution in [3.8, 4) is 55.6 Å². The lowest BCUT2D eigenvalue weighted by Gasteiger charge is -2.31. The molecular weight excluding hydrogens is 875 g/mol. The summed E-state index contributed by atoms with van der Waals surface area (Å²) < 4.78 is 13.7. The van der Waals surface area contributed by atoms with Gasteiger partial charge in [-0.1, -0.05) is 187 Å². The van der Waals surface area contributed by atoms with Crippen LogP contribution in [0.1, 0.15) is 74.9 Å². The second-order valence-corrected chi connectivity index (χ2v) is 21.9. The van der Waals surface area contributed by atoms with Crippen molar-refractivity contribution in [2.24, 2.45) is 0 Å². The Morgan fingerprint density at radius 3 is 1.28 bits per heavy atom. The minimum atomic E-state index is -0.327. The average molecular weight is 926 g/mol. The van der Waals surface area contributed by atoms with Gasteiger partial charge >= 0.3 is 0 Å². The van der Waals surface area contributed by atoms with E-state index in [2.05, 4.69) is 247 Å². The molecule has 12 aromatic rings. The molecule has 0 bridgehead atoms. The third-order valence-electron chi connectivity index (χ3n) is 17.0. The monoisotopic (exact) mass is 925 g/mol. The largest absolute Gasteiger partial charge is 0.455 e. The molecule has 0 N–H and O–H groups in total. The Bertz CT molecular complexity index is 4070. The summed E-state index contributed by atoms with van der Waals surface area (Å²) in [4.78, 5) is 2.56. The van der Waals surface area contributed by atoms with Crippen LogP contribution in [0.15, 0.2) is 209 Å². The van der Waals surface area contributed by atoms with E-state index in [9.17, 15) is 0 Å². The highest BCUT2D eigenvalue weighted by Gasteiger charge is 2.43. The van der Waals surface area contributed by atoms with E-state index in [4.69, 9.17) is 8.83 Å². The number of rotatable bonds is 5. The van der Waals surface area contributed by atoms with Crippen LogP contribution in [0.2, 0.25) is 0 Å². The lowest BCUT2D eigenvalue weighted by molar-refractivity contribution is 0.657. The second-order valence-electron chi connectivity index (χ2n) is 21.9. The Morgan fingerprint density at radius 2 is 0.750 bits per heavy atom. The summed E-state index contributed by atoms with van der Waals surface area (Å²) in [6, 6.07) is 73.9. The van der Waals surface area contributed by atoms with Gasteiger partial charge in [-0.2, -0.15) is 0 Å². The highest BCUT2D eigenvalue weighted by atomic mass is 16.3. The molecule has 3 aliphatic carbocycles. The maximum atomic E-state index is 6.84. The van der Waals surface area contributed by atoms with Crippen molar-refractivity contribution in [2.45, 2.75) is 57.8 Å². The van der Waals surface area contributed by atoms with Gasteiger partial charge in [-0.15, -0.1) is 0 Å². The summed E-state index contributed by atoms with van der Waals surface area (Å²) in [5.74, 6) is 0. The van der Waals surface area contributed by atoms with Gasteiger partial charge in [0.1, 0.15) is 22.3 Å². The zero-order valence-corrected chi connectivity index (χ0v) is 41.3. The molecule has 72 heavy (non-hydrogen) atoms. The van der Waals surface area contributed by atoms with Crippen LogP contribution in [0.25, 0.3) is 99.5 Å². The van der Waals surface area contributed by atoms with E-state index in [1.807, 2.05) is 0 Å². The molecule has 2 heterocycles. The molecule has 0 saturated carbocycles. The smallest absolute Gasteiger partial charge is 0.143 e. The van der Waals surface area contributed by atoms with E-state index in [1.165, 1.54) is 83.2 Å². The summed E-state index contributed by atoms with van der Waals surface area (Å²) in [6.45, 7) is 14.4. The molecule has 344 valence electrons. The molecule has 10 aromatic carbocycles. The topological polar surface area (TPSA) is 29.5 Å². The van der Waals surface area contributed by atoms with E-state index >= 15 is 0 Å². The van der Waals surface area contributed by atoms with Gasteiger partial charge in [-0.05, 0) is 127 Å². The quantitative estimate of drug-likeness (QED) is 0.172. The third kappa shape index (κ3) is 5.40. The van der Waals surface area contributed by atoms with Crippen LogP contribution in [0.4, 0.5) is 17.1 Å². The van der Waals surface area contributed by atoms with Gasteiger partial charge in [0, 0.05) is 65.9 Å². The lowest BCUT2D eigenvalue weighted by Crippen LogP contribution is -2.19. The summed E-state index contributed by atoms with van der Waals surface area (Å²) in [6.07, 6.45) is 0. The predicted molar refractivity (Wildman–Crippen MR) is 299 cm³/mol.